The second-order valence-corrected chi connectivity index (χ2v) is 16.6. The van der Waals surface area contributed by atoms with Gasteiger partial charge in [0.15, 0.2) is 5.41 Å². The van der Waals surface area contributed by atoms with Crippen molar-refractivity contribution in [3.05, 3.63) is 0 Å². The van der Waals surface area contributed by atoms with Gasteiger partial charge < -0.3 is 14.2 Å². The molecule has 340 valence electrons. The zero-order chi connectivity index (χ0) is 41.0. The van der Waals surface area contributed by atoms with Crippen LogP contribution < -0.4 is 0 Å². The molecule has 12 nitrogen and oxygen atoms in total. The second kappa shape index (κ2) is 36.6. The average Bonchev–Trinajstić information content (AvgIpc) is 3.17. The van der Waals surface area contributed by atoms with Gasteiger partial charge in [-0.15, -0.1) is 0 Å². The van der Waals surface area contributed by atoms with Crippen LogP contribution in [0.2, 0.25) is 0 Å². The third-order valence-electron chi connectivity index (χ3n) is 12.5. The van der Waals surface area contributed by atoms with Gasteiger partial charge in [0.05, 0.1) is 27.2 Å². The highest BCUT2D eigenvalue weighted by atomic mass is 16.5. The fraction of sp³-hybridized carbons (Fsp3) is 0.870. The van der Waals surface area contributed by atoms with Crippen LogP contribution in [0.25, 0.3) is 0 Å². The van der Waals surface area contributed by atoms with E-state index in [0.717, 1.165) is 49.4 Å². The maximum atomic E-state index is 12.1. The molecule has 4 fully saturated rings. The highest BCUT2D eigenvalue weighted by Gasteiger charge is 2.50. The fourth-order valence-electron chi connectivity index (χ4n) is 8.95. The van der Waals surface area contributed by atoms with Crippen molar-refractivity contribution in [3.63, 3.8) is 0 Å². The zero-order valence-corrected chi connectivity index (χ0v) is 33.9. The first-order valence-corrected chi connectivity index (χ1v) is 20.0. The van der Waals surface area contributed by atoms with E-state index in [1.807, 2.05) is 0 Å². The molecule has 0 aromatic rings. The summed E-state index contributed by atoms with van der Waals surface area (Å²) in [7, 11) is 4.22. The van der Waals surface area contributed by atoms with Crippen molar-refractivity contribution in [2.24, 2.45) is 46.3 Å². The summed E-state index contributed by atoms with van der Waals surface area (Å²) in [5, 5.41) is 0. The van der Waals surface area contributed by atoms with E-state index in [0.29, 0.717) is 24.2 Å². The lowest BCUT2D eigenvalue weighted by atomic mass is 9.68. The van der Waals surface area contributed by atoms with Gasteiger partial charge in [0.25, 0.3) is 0 Å². The molecule has 4 saturated carbocycles. The van der Waals surface area contributed by atoms with Crippen molar-refractivity contribution >= 4 is 36.4 Å². The van der Waals surface area contributed by atoms with Crippen LogP contribution in [0, 0.1) is 46.3 Å². The minimum atomic E-state index is -1.06. The van der Waals surface area contributed by atoms with Gasteiger partial charge in [-0.25, -0.2) is 0 Å². The van der Waals surface area contributed by atoms with Crippen molar-refractivity contribution in [2.45, 2.75) is 192 Å². The summed E-state index contributed by atoms with van der Waals surface area (Å²) in [5.41, 5.74) is -0.514. The molecule has 0 saturated heterocycles. The summed E-state index contributed by atoms with van der Waals surface area (Å²) in [5.74, 6) is 3.74. The molecule has 0 atom stereocenters. The van der Waals surface area contributed by atoms with Gasteiger partial charge in [-0.1, -0.05) is 115 Å². The molecule has 0 radical (unpaired) electrons. The first-order chi connectivity index (χ1) is 25.8. The quantitative estimate of drug-likeness (QED) is 0.109. The van der Waals surface area contributed by atoms with Crippen LogP contribution in [-0.2, 0) is 57.4 Å². The van der Waals surface area contributed by atoms with Crippen LogP contribution in [0.5, 0.6) is 0 Å². The molecule has 4 aliphatic carbocycles. The molecule has 0 heterocycles. The zero-order valence-electron chi connectivity index (χ0n) is 33.9. The molecule has 0 aromatic heterocycles. The summed E-state index contributed by atoms with van der Waals surface area (Å²) in [6.45, 7) is 7.18. The Balaban J connectivity index is -0.000000256. The molecule has 4 rings (SSSR count). The Bertz CT molecular complexity index is 1100. The first kappa shape index (κ1) is 63.7. The van der Waals surface area contributed by atoms with E-state index < -0.39 is 17.4 Å². The van der Waals surface area contributed by atoms with E-state index in [9.17, 15) is 14.4 Å². The third kappa shape index (κ3) is 25.1. The van der Waals surface area contributed by atoms with Gasteiger partial charge in [-0.3, -0.25) is 14.4 Å². The first-order valence-electron chi connectivity index (χ1n) is 20.0. The largest absolute Gasteiger partial charge is 0.469 e. The number of ether oxygens (including phenoxy) is 3. The lowest BCUT2D eigenvalue weighted by Gasteiger charge is -2.36. The van der Waals surface area contributed by atoms with Crippen LogP contribution in [-0.4, -0.2) is 57.7 Å². The Morgan fingerprint density at radius 2 is 0.776 bits per heavy atom. The Kier molecular flexibility index (Phi) is 40.2. The van der Waals surface area contributed by atoms with E-state index in [4.69, 9.17) is 43.0 Å². The van der Waals surface area contributed by atoms with Crippen molar-refractivity contribution in [1.29, 1.82) is 0 Å². The van der Waals surface area contributed by atoms with E-state index in [-0.39, 0.29) is 60.0 Å². The van der Waals surface area contributed by atoms with Gasteiger partial charge in [0.1, 0.15) is 0 Å². The molecule has 0 amide bonds. The molecule has 0 aromatic carbocycles. The van der Waals surface area contributed by atoms with Gasteiger partial charge in [0, 0.05) is 0 Å². The molecule has 0 bridgehead atoms. The van der Waals surface area contributed by atoms with E-state index >= 15 is 0 Å². The van der Waals surface area contributed by atoms with E-state index in [2.05, 4.69) is 20.8 Å². The number of hydrogen-bond donors (Lipinski definition) is 0. The maximum Gasteiger partial charge on any atom is 0.373 e. The number of methoxy groups -OCH3 is 3. The maximum absolute atomic E-state index is 12.1. The predicted molar refractivity (Wildman–Crippen MR) is 222 cm³/mol. The summed E-state index contributed by atoms with van der Waals surface area (Å²) >= 11 is 0. The van der Waals surface area contributed by atoms with Crippen LogP contribution in [0.3, 0.4) is 0 Å². The van der Waals surface area contributed by atoms with E-state index in [1.165, 1.54) is 124 Å². The lowest BCUT2D eigenvalue weighted by Crippen LogP contribution is -2.44. The highest BCUT2D eigenvalue weighted by molar-refractivity contribution is 6.00. The minimum absolute atomic E-state index is 0. The number of carbonyl (C=O) groups excluding carboxylic acids is 9. The van der Waals surface area contributed by atoms with Gasteiger partial charge >= 0.3 is 36.4 Å². The van der Waals surface area contributed by atoms with Crippen molar-refractivity contribution in [1.82, 2.24) is 0 Å². The third-order valence-corrected chi connectivity index (χ3v) is 12.5. The fourth-order valence-corrected chi connectivity index (χ4v) is 8.95. The van der Waals surface area contributed by atoms with Crippen molar-refractivity contribution < 1.29 is 57.4 Å². The Hall–Kier alpha value is -3.45. The van der Waals surface area contributed by atoms with Crippen LogP contribution in [0.4, 0.5) is 0 Å². The van der Waals surface area contributed by atoms with Crippen molar-refractivity contribution in [3.8, 4) is 0 Å². The summed E-state index contributed by atoms with van der Waals surface area (Å²) in [6.07, 6.45) is 27.7. The molecule has 12 heteroatoms. The standard InChI is InChI=1S/C21H36O4.C18H32O2.3CO2.4CH4/c1-20(2)12-8-16(9-13-20)6-5-7-17-10-14-21(15-11-17,18(22)24-3)19(23)25-4;1-14-6-8-15(9-7-14)4-3-5-16-10-12-17(13-11-16)18(19)20-2;3*2-1-3;;;;/h16-17H,5-15H2,1-4H3;14-17H,3-13H2,1-2H3;;;;4*1H4. The van der Waals surface area contributed by atoms with Gasteiger partial charge in [-0.2, -0.15) is 28.8 Å². The number of hydrogen-bond acceptors (Lipinski definition) is 12. The Labute approximate surface area is 352 Å². The van der Waals surface area contributed by atoms with Crippen molar-refractivity contribution in [2.75, 3.05) is 21.3 Å². The lowest BCUT2D eigenvalue weighted by molar-refractivity contribution is -0.193. The highest BCUT2D eigenvalue weighted by Crippen LogP contribution is 2.44. The topological polar surface area (TPSA) is 181 Å². The minimum Gasteiger partial charge on any atom is -0.469 e. The van der Waals surface area contributed by atoms with E-state index in [1.54, 1.807) is 0 Å². The monoisotopic (exact) mass is 829 g/mol. The molecule has 0 spiro atoms. The smallest absolute Gasteiger partial charge is 0.373 e. The number of esters is 3. The van der Waals surface area contributed by atoms with Gasteiger partial charge in [0.2, 0.25) is 0 Å². The summed E-state index contributed by atoms with van der Waals surface area (Å²) in [4.78, 5) is 84.5. The number of rotatable bonds is 11. The average molecular weight is 829 g/mol. The molecular formula is C46H84O12. The predicted octanol–water partition coefficient (Wildman–Crippen LogP) is 10.7. The summed E-state index contributed by atoms with van der Waals surface area (Å²) in [6, 6.07) is 0. The van der Waals surface area contributed by atoms with Crippen LogP contribution >= 0.6 is 0 Å². The van der Waals surface area contributed by atoms with Crippen LogP contribution in [0.15, 0.2) is 0 Å². The molecule has 0 unspecified atom stereocenters. The molecule has 4 aliphatic rings. The normalized spacial score (nSPS) is 22.7. The SMILES string of the molecule is C.C.C.C.COC(=O)C1(C(=O)OC)CCC(CCCC2CCC(C)(C)CC2)CC1.COC(=O)C1CCC(CCCC2CCC(C)CC2)CC1.O=C=O.O=C=O.O=C=O. The molecule has 58 heavy (non-hydrogen) atoms. The Morgan fingerprint density at radius 3 is 1.09 bits per heavy atom. The van der Waals surface area contributed by atoms with Crippen LogP contribution in [0.1, 0.15) is 192 Å². The number of carbonyl (C=O) groups is 3. The summed E-state index contributed by atoms with van der Waals surface area (Å²) < 4.78 is 14.6. The van der Waals surface area contributed by atoms with Gasteiger partial charge in [-0.05, 0) is 112 Å². The molecule has 0 N–H and O–H groups in total. The molecule has 0 aliphatic heterocycles. The second-order valence-electron chi connectivity index (χ2n) is 16.6. The Morgan fingerprint density at radius 1 is 0.483 bits per heavy atom. The molecular weight excluding hydrogens is 744 g/mol.